The first-order valence-corrected chi connectivity index (χ1v) is 6.68. The summed E-state index contributed by atoms with van der Waals surface area (Å²) in [6.07, 6.45) is 1.67. The van der Waals surface area contributed by atoms with Crippen molar-refractivity contribution in [3.63, 3.8) is 0 Å². The van der Waals surface area contributed by atoms with Crippen LogP contribution in [0.4, 0.5) is 0 Å². The zero-order valence-electron chi connectivity index (χ0n) is 11.4. The highest BCUT2D eigenvalue weighted by Crippen LogP contribution is 2.31. The molecule has 1 atom stereocenters. The summed E-state index contributed by atoms with van der Waals surface area (Å²) in [7, 11) is 0. The Balaban J connectivity index is 2.55. The van der Waals surface area contributed by atoms with Crippen molar-refractivity contribution < 1.29 is 0 Å². The van der Waals surface area contributed by atoms with Crippen LogP contribution in [0.25, 0.3) is 0 Å². The lowest BCUT2D eigenvalue weighted by molar-refractivity contribution is 0.476. The number of nitrogens with zero attached hydrogens (tertiary/aromatic N) is 2. The van der Waals surface area contributed by atoms with Crippen molar-refractivity contribution in [3.8, 4) is 0 Å². The van der Waals surface area contributed by atoms with Crippen molar-refractivity contribution in [2.75, 3.05) is 0 Å². The van der Waals surface area contributed by atoms with Crippen LogP contribution >= 0.6 is 11.6 Å². The summed E-state index contributed by atoms with van der Waals surface area (Å²) in [5.41, 5.74) is 6.02. The summed E-state index contributed by atoms with van der Waals surface area (Å²) in [5, 5.41) is 4.95. The molecule has 1 aromatic heterocycles. The fourth-order valence-electron chi connectivity index (χ4n) is 2.26. The van der Waals surface area contributed by atoms with E-state index < -0.39 is 0 Å². The molecule has 4 nitrogen and oxygen atoms in total. The van der Waals surface area contributed by atoms with Gasteiger partial charge in [-0.1, -0.05) is 35.9 Å². The first-order chi connectivity index (χ1) is 9.06. The number of hydrogen-bond donors (Lipinski definition) is 2. The van der Waals surface area contributed by atoms with Gasteiger partial charge in [0.1, 0.15) is 0 Å². The van der Waals surface area contributed by atoms with Gasteiger partial charge in [0.05, 0.1) is 23.0 Å². The number of hydrazine groups is 1. The third-order valence-corrected chi connectivity index (χ3v) is 3.51. The molecule has 102 valence electrons. The van der Waals surface area contributed by atoms with Crippen LogP contribution in [-0.4, -0.2) is 9.78 Å². The normalized spacial score (nSPS) is 12.9. The largest absolute Gasteiger partial charge is 0.271 e. The SMILES string of the molecule is Cc1ccccc1C(NN)c1c(Cl)cnn1C(C)C. The van der Waals surface area contributed by atoms with Crippen LogP contribution in [0.1, 0.15) is 42.8 Å². The van der Waals surface area contributed by atoms with E-state index in [1.807, 2.05) is 22.9 Å². The predicted octanol–water partition coefficient (Wildman–Crippen LogP) is 2.98. The molecule has 2 aromatic rings. The summed E-state index contributed by atoms with van der Waals surface area (Å²) in [4.78, 5) is 0. The summed E-state index contributed by atoms with van der Waals surface area (Å²) in [6, 6.07) is 8.17. The standard InChI is InChI=1S/C14H19ClN4/c1-9(2)19-14(12(15)8-17-19)13(18-16)11-7-5-4-6-10(11)3/h4-9,13,18H,16H2,1-3H3. The number of benzene rings is 1. The average molecular weight is 279 g/mol. The highest BCUT2D eigenvalue weighted by molar-refractivity contribution is 6.31. The lowest BCUT2D eigenvalue weighted by Crippen LogP contribution is -2.31. The molecule has 1 aromatic carbocycles. The molecule has 0 fully saturated rings. The van der Waals surface area contributed by atoms with E-state index in [0.717, 1.165) is 16.8 Å². The van der Waals surface area contributed by atoms with E-state index >= 15 is 0 Å². The lowest BCUT2D eigenvalue weighted by Gasteiger charge is -2.22. The molecular weight excluding hydrogens is 260 g/mol. The van der Waals surface area contributed by atoms with Gasteiger partial charge in [-0.15, -0.1) is 0 Å². The van der Waals surface area contributed by atoms with Crippen molar-refractivity contribution in [2.45, 2.75) is 32.9 Å². The second-order valence-electron chi connectivity index (χ2n) is 4.87. The van der Waals surface area contributed by atoms with Gasteiger partial charge < -0.3 is 0 Å². The van der Waals surface area contributed by atoms with Crippen molar-refractivity contribution in [1.29, 1.82) is 0 Å². The number of hydrogen-bond acceptors (Lipinski definition) is 3. The number of nitrogens with two attached hydrogens (primary N) is 1. The Morgan fingerprint density at radius 2 is 2.00 bits per heavy atom. The molecular formula is C14H19ClN4. The van der Waals surface area contributed by atoms with Gasteiger partial charge in [-0.3, -0.25) is 10.5 Å². The maximum atomic E-state index is 6.29. The zero-order valence-corrected chi connectivity index (χ0v) is 12.1. The van der Waals surface area contributed by atoms with Crippen LogP contribution in [0, 0.1) is 6.92 Å². The first-order valence-electron chi connectivity index (χ1n) is 6.30. The Bertz CT molecular complexity index is 562. The van der Waals surface area contributed by atoms with E-state index in [1.165, 1.54) is 0 Å². The van der Waals surface area contributed by atoms with Crippen LogP contribution in [0.2, 0.25) is 5.02 Å². The minimum Gasteiger partial charge on any atom is -0.271 e. The van der Waals surface area contributed by atoms with Crippen LogP contribution in [-0.2, 0) is 0 Å². The van der Waals surface area contributed by atoms with Crippen LogP contribution in [0.5, 0.6) is 0 Å². The first kappa shape index (κ1) is 14.1. The smallest absolute Gasteiger partial charge is 0.0896 e. The van der Waals surface area contributed by atoms with Crippen LogP contribution < -0.4 is 11.3 Å². The van der Waals surface area contributed by atoms with Crippen molar-refractivity contribution in [1.82, 2.24) is 15.2 Å². The Kier molecular flexibility index (Phi) is 4.24. The van der Waals surface area contributed by atoms with E-state index in [2.05, 4.69) is 37.4 Å². The van der Waals surface area contributed by atoms with Gasteiger partial charge in [0.25, 0.3) is 0 Å². The lowest BCUT2D eigenvalue weighted by atomic mass is 9.99. The molecule has 3 N–H and O–H groups in total. The van der Waals surface area contributed by atoms with Crippen molar-refractivity contribution in [3.05, 3.63) is 52.3 Å². The maximum absolute atomic E-state index is 6.29. The van der Waals surface area contributed by atoms with E-state index in [0.29, 0.717) is 5.02 Å². The molecule has 1 heterocycles. The molecule has 1 unspecified atom stereocenters. The van der Waals surface area contributed by atoms with Crippen molar-refractivity contribution >= 4 is 11.6 Å². The van der Waals surface area contributed by atoms with E-state index in [1.54, 1.807) is 6.20 Å². The fourth-order valence-corrected chi connectivity index (χ4v) is 2.50. The minimum atomic E-state index is -0.168. The van der Waals surface area contributed by atoms with Crippen LogP contribution in [0.15, 0.2) is 30.5 Å². The second-order valence-corrected chi connectivity index (χ2v) is 5.28. The van der Waals surface area contributed by atoms with E-state index in [-0.39, 0.29) is 12.1 Å². The maximum Gasteiger partial charge on any atom is 0.0896 e. The molecule has 0 aliphatic heterocycles. The summed E-state index contributed by atoms with van der Waals surface area (Å²) < 4.78 is 1.90. The number of aromatic nitrogens is 2. The molecule has 0 radical (unpaired) electrons. The quantitative estimate of drug-likeness (QED) is 0.668. The van der Waals surface area contributed by atoms with Gasteiger partial charge in [-0.05, 0) is 31.9 Å². The van der Waals surface area contributed by atoms with Crippen LogP contribution in [0.3, 0.4) is 0 Å². The molecule has 0 saturated carbocycles. The summed E-state index contributed by atoms with van der Waals surface area (Å²) in [6.45, 7) is 6.19. The molecule has 0 aliphatic rings. The number of aryl methyl sites for hydroxylation is 1. The van der Waals surface area contributed by atoms with Gasteiger partial charge >= 0.3 is 0 Å². The van der Waals surface area contributed by atoms with Gasteiger partial charge in [0, 0.05) is 6.04 Å². The summed E-state index contributed by atoms with van der Waals surface area (Å²) in [5.74, 6) is 5.75. The number of halogens is 1. The zero-order chi connectivity index (χ0) is 14.0. The molecule has 0 aliphatic carbocycles. The molecule has 0 saturated heterocycles. The Hall–Kier alpha value is -1.36. The van der Waals surface area contributed by atoms with Crippen molar-refractivity contribution in [2.24, 2.45) is 5.84 Å². The Labute approximate surface area is 118 Å². The van der Waals surface area contributed by atoms with E-state index in [9.17, 15) is 0 Å². The number of nitrogens with one attached hydrogen (secondary N) is 1. The highest BCUT2D eigenvalue weighted by Gasteiger charge is 2.23. The Morgan fingerprint density at radius 1 is 1.32 bits per heavy atom. The predicted molar refractivity (Wildman–Crippen MR) is 78.0 cm³/mol. The van der Waals surface area contributed by atoms with Gasteiger partial charge in [-0.2, -0.15) is 5.10 Å². The Morgan fingerprint density at radius 3 is 2.58 bits per heavy atom. The minimum absolute atomic E-state index is 0.168. The average Bonchev–Trinajstić information content (AvgIpc) is 2.75. The molecule has 0 spiro atoms. The molecule has 2 rings (SSSR count). The van der Waals surface area contributed by atoms with Gasteiger partial charge in [0.15, 0.2) is 0 Å². The monoisotopic (exact) mass is 278 g/mol. The molecule has 19 heavy (non-hydrogen) atoms. The topological polar surface area (TPSA) is 55.9 Å². The highest BCUT2D eigenvalue weighted by atomic mass is 35.5. The molecule has 0 bridgehead atoms. The summed E-state index contributed by atoms with van der Waals surface area (Å²) >= 11 is 6.29. The van der Waals surface area contributed by atoms with Gasteiger partial charge in [-0.25, -0.2) is 5.43 Å². The molecule has 0 amide bonds. The second kappa shape index (κ2) is 5.74. The molecule has 5 heteroatoms. The third-order valence-electron chi connectivity index (χ3n) is 3.22. The fraction of sp³-hybridized carbons (Fsp3) is 0.357. The number of rotatable bonds is 4. The van der Waals surface area contributed by atoms with Gasteiger partial charge in [0.2, 0.25) is 0 Å². The third kappa shape index (κ3) is 2.66. The van der Waals surface area contributed by atoms with E-state index in [4.69, 9.17) is 17.4 Å².